The van der Waals surface area contributed by atoms with E-state index < -0.39 is 17.9 Å². The Kier molecular flexibility index (Phi) is 8.64. The third kappa shape index (κ3) is 5.99. The van der Waals surface area contributed by atoms with Gasteiger partial charge >= 0.3 is 0 Å². The van der Waals surface area contributed by atoms with Crippen LogP contribution in [0.2, 0.25) is 5.02 Å². The molecule has 6 rings (SSSR count). The van der Waals surface area contributed by atoms with Crippen LogP contribution < -0.4 is 4.74 Å². The maximum absolute atomic E-state index is 14.0. The van der Waals surface area contributed by atoms with Gasteiger partial charge in [0.1, 0.15) is 24.0 Å². The molecule has 1 aliphatic heterocycles. The lowest BCUT2D eigenvalue weighted by Crippen LogP contribution is -2.44. The second-order valence-corrected chi connectivity index (χ2v) is 11.3. The third-order valence-electron chi connectivity index (χ3n) is 7.99. The Morgan fingerprint density at radius 3 is 2.22 bits per heavy atom. The summed E-state index contributed by atoms with van der Waals surface area (Å²) in [6.45, 7) is 3.74. The van der Waals surface area contributed by atoms with Crippen LogP contribution in [0.25, 0.3) is 23.0 Å². The summed E-state index contributed by atoms with van der Waals surface area (Å²) in [5.74, 6) is -0.416. The van der Waals surface area contributed by atoms with Crippen LogP contribution in [0.3, 0.4) is 0 Å². The number of hydrogen-bond acceptors (Lipinski definition) is 5. The van der Waals surface area contributed by atoms with Crippen LogP contribution in [0.1, 0.15) is 36.6 Å². The number of nitriles is 1. The summed E-state index contributed by atoms with van der Waals surface area (Å²) in [6.07, 6.45) is 3.56. The van der Waals surface area contributed by atoms with E-state index in [1.165, 1.54) is 4.90 Å². The van der Waals surface area contributed by atoms with E-state index in [-0.39, 0.29) is 11.1 Å². The molecule has 0 radical (unpaired) electrons. The number of benzene rings is 4. The maximum Gasteiger partial charge on any atom is 0.272 e. The van der Waals surface area contributed by atoms with Crippen LogP contribution >= 0.6 is 11.6 Å². The fourth-order valence-corrected chi connectivity index (χ4v) is 5.59. The Bertz CT molecular complexity index is 2020. The number of rotatable bonds is 8. The first-order valence-electron chi connectivity index (χ1n) is 14.7. The van der Waals surface area contributed by atoms with E-state index in [0.29, 0.717) is 34.2 Å². The molecule has 0 aliphatic carbocycles. The van der Waals surface area contributed by atoms with Gasteiger partial charge in [0.05, 0.1) is 17.4 Å². The zero-order chi connectivity index (χ0) is 32.2. The normalized spacial score (nSPS) is 14.8. The van der Waals surface area contributed by atoms with Crippen molar-refractivity contribution in [2.75, 3.05) is 0 Å². The fraction of sp³-hybridized carbons (Fsp3) is 0.105. The number of hydrogen-bond donors (Lipinski definition) is 0. The molecular weight excluding hydrogens is 596 g/mol. The molecule has 0 saturated heterocycles. The minimum atomic E-state index is -0.605. The summed E-state index contributed by atoms with van der Waals surface area (Å²) in [5.41, 5.74) is 5.09. The Hall–Kier alpha value is -5.71. The molecule has 0 fully saturated rings. The van der Waals surface area contributed by atoms with E-state index in [0.717, 1.165) is 22.4 Å². The number of carbonyl (C=O) groups excluding carboxylic acids is 2. The second kappa shape index (κ2) is 13.1. The van der Waals surface area contributed by atoms with Crippen molar-refractivity contribution in [1.29, 1.82) is 5.26 Å². The molecule has 8 heteroatoms. The average Bonchev–Trinajstić information content (AvgIpc) is 3.51. The van der Waals surface area contributed by atoms with Gasteiger partial charge in [0.2, 0.25) is 0 Å². The lowest BCUT2D eigenvalue weighted by molar-refractivity contribution is -0.143. The number of para-hydroxylation sites is 1. The van der Waals surface area contributed by atoms with Crippen molar-refractivity contribution >= 4 is 29.5 Å². The van der Waals surface area contributed by atoms with Crippen molar-refractivity contribution in [1.82, 2.24) is 14.7 Å². The summed E-state index contributed by atoms with van der Waals surface area (Å²) in [6, 6.07) is 35.5. The molecule has 1 atom stereocenters. The number of carbonyl (C=O) groups is 2. The van der Waals surface area contributed by atoms with Crippen molar-refractivity contribution in [3.63, 3.8) is 0 Å². The highest BCUT2D eigenvalue weighted by molar-refractivity contribution is 6.31. The molecule has 226 valence electrons. The fourth-order valence-electron chi connectivity index (χ4n) is 5.40. The molecule has 2 amide bonds. The number of aromatic nitrogens is 2. The smallest absolute Gasteiger partial charge is 0.272 e. The van der Waals surface area contributed by atoms with Gasteiger partial charge in [0.25, 0.3) is 11.8 Å². The van der Waals surface area contributed by atoms with Gasteiger partial charge in [-0.15, -0.1) is 0 Å². The Labute approximate surface area is 272 Å². The molecule has 0 spiro atoms. The van der Waals surface area contributed by atoms with Crippen LogP contribution in [0.5, 0.6) is 5.75 Å². The van der Waals surface area contributed by atoms with Gasteiger partial charge in [-0.2, -0.15) is 10.4 Å². The van der Waals surface area contributed by atoms with Crippen molar-refractivity contribution in [2.24, 2.45) is 0 Å². The van der Waals surface area contributed by atoms with E-state index in [1.54, 1.807) is 24.6 Å². The van der Waals surface area contributed by atoms with Crippen LogP contribution in [-0.2, 0) is 16.2 Å². The molecule has 7 nitrogen and oxygen atoms in total. The van der Waals surface area contributed by atoms with E-state index in [9.17, 15) is 14.9 Å². The highest BCUT2D eigenvalue weighted by Crippen LogP contribution is 2.35. The SMILES string of the molecule is CC1=C(C#N)C(=O)N(C(C)c2ccccc2)C(=O)/C1=C/c1cn(-c2ccccc2)nc1-c1ccc(OCc2ccccc2Cl)cc1. The molecule has 1 aliphatic rings. The molecular formula is C38H29ClN4O3. The first kappa shape index (κ1) is 30.3. The van der Waals surface area contributed by atoms with Gasteiger partial charge in [0.15, 0.2) is 0 Å². The lowest BCUT2D eigenvalue weighted by Gasteiger charge is -2.32. The number of nitrogens with zero attached hydrogens (tertiary/aromatic N) is 4. The molecule has 4 aromatic carbocycles. The van der Waals surface area contributed by atoms with Crippen LogP contribution in [-0.4, -0.2) is 26.5 Å². The zero-order valence-corrected chi connectivity index (χ0v) is 26.0. The molecule has 1 unspecified atom stereocenters. The van der Waals surface area contributed by atoms with Crippen LogP contribution in [0, 0.1) is 11.3 Å². The van der Waals surface area contributed by atoms with Gasteiger partial charge in [-0.3, -0.25) is 14.5 Å². The van der Waals surface area contributed by atoms with E-state index in [2.05, 4.69) is 0 Å². The Balaban J connectivity index is 1.40. The van der Waals surface area contributed by atoms with E-state index >= 15 is 0 Å². The number of imide groups is 1. The molecule has 0 N–H and O–H groups in total. The molecule has 0 bridgehead atoms. The topological polar surface area (TPSA) is 88.2 Å². The minimum absolute atomic E-state index is 0.0642. The summed E-state index contributed by atoms with van der Waals surface area (Å²) >= 11 is 6.29. The molecule has 2 heterocycles. The highest BCUT2D eigenvalue weighted by Gasteiger charge is 2.39. The number of halogens is 1. The van der Waals surface area contributed by atoms with E-state index in [1.807, 2.05) is 121 Å². The van der Waals surface area contributed by atoms with Gasteiger partial charge in [-0.05, 0) is 73.5 Å². The summed E-state index contributed by atoms with van der Waals surface area (Å²) in [5, 5.41) is 15.5. The van der Waals surface area contributed by atoms with Crippen molar-refractivity contribution in [2.45, 2.75) is 26.5 Å². The van der Waals surface area contributed by atoms with Crippen LogP contribution in [0.4, 0.5) is 0 Å². The van der Waals surface area contributed by atoms with Gasteiger partial charge in [0, 0.05) is 33.5 Å². The predicted molar refractivity (Wildman–Crippen MR) is 178 cm³/mol. The lowest BCUT2D eigenvalue weighted by atomic mass is 9.91. The monoisotopic (exact) mass is 624 g/mol. The standard InChI is InChI=1S/C38H29ClN4O3/c1-25-33(37(44)43(38(45)34(25)22-40)26(2)27-11-5-3-6-12-27)21-30-23-42(31-14-7-4-8-15-31)41-36(30)28-17-19-32(20-18-28)46-24-29-13-9-10-16-35(29)39/h3-21,23,26H,24H2,1-2H3/b33-21+. The number of amides is 2. The summed E-state index contributed by atoms with van der Waals surface area (Å²) in [7, 11) is 0. The first-order valence-corrected chi connectivity index (χ1v) is 15.1. The number of ether oxygens (including phenoxy) is 1. The molecule has 1 aromatic heterocycles. The third-order valence-corrected chi connectivity index (χ3v) is 8.35. The maximum atomic E-state index is 14.0. The Morgan fingerprint density at radius 1 is 0.891 bits per heavy atom. The van der Waals surface area contributed by atoms with Crippen molar-refractivity contribution in [3.05, 3.63) is 154 Å². The summed E-state index contributed by atoms with van der Waals surface area (Å²) in [4.78, 5) is 28.6. The minimum Gasteiger partial charge on any atom is -0.489 e. The van der Waals surface area contributed by atoms with Gasteiger partial charge in [-0.1, -0.05) is 78.3 Å². The van der Waals surface area contributed by atoms with Crippen LogP contribution in [0.15, 0.2) is 132 Å². The van der Waals surface area contributed by atoms with Gasteiger partial charge in [-0.25, -0.2) is 4.68 Å². The summed E-state index contributed by atoms with van der Waals surface area (Å²) < 4.78 is 7.73. The molecule has 0 saturated carbocycles. The van der Waals surface area contributed by atoms with Crippen molar-refractivity contribution < 1.29 is 14.3 Å². The first-order chi connectivity index (χ1) is 22.4. The Morgan fingerprint density at radius 2 is 1.54 bits per heavy atom. The highest BCUT2D eigenvalue weighted by atomic mass is 35.5. The average molecular weight is 625 g/mol. The largest absolute Gasteiger partial charge is 0.489 e. The second-order valence-electron chi connectivity index (χ2n) is 10.9. The zero-order valence-electron chi connectivity index (χ0n) is 25.2. The van der Waals surface area contributed by atoms with Gasteiger partial charge < -0.3 is 4.74 Å². The van der Waals surface area contributed by atoms with Crippen molar-refractivity contribution in [3.8, 4) is 28.8 Å². The molecule has 5 aromatic rings. The van der Waals surface area contributed by atoms with E-state index in [4.69, 9.17) is 21.4 Å². The molecule has 46 heavy (non-hydrogen) atoms. The quantitative estimate of drug-likeness (QED) is 0.128. The predicted octanol–water partition coefficient (Wildman–Crippen LogP) is 8.13.